The van der Waals surface area contributed by atoms with E-state index >= 15 is 0 Å². The number of carboxylic acid groups (broad SMARTS) is 1. The number of ether oxygens (including phenoxy) is 2. The molecule has 25 heavy (non-hydrogen) atoms. The van der Waals surface area contributed by atoms with Gasteiger partial charge in [-0.2, -0.15) is 12.7 Å². The molecule has 140 valence electrons. The number of benzene rings is 1. The highest BCUT2D eigenvalue weighted by molar-refractivity contribution is 7.86. The molecule has 1 aromatic carbocycles. The van der Waals surface area contributed by atoms with Gasteiger partial charge in [-0.3, -0.25) is 4.79 Å². The molecule has 1 aromatic rings. The van der Waals surface area contributed by atoms with Crippen molar-refractivity contribution in [1.29, 1.82) is 0 Å². The Morgan fingerprint density at radius 2 is 2.04 bits per heavy atom. The number of carboxylic acids is 1. The molecule has 0 bridgehead atoms. The first kappa shape index (κ1) is 19.6. The summed E-state index contributed by atoms with van der Waals surface area (Å²) in [5.41, 5.74) is 0. The molecule has 0 aliphatic carbocycles. The summed E-state index contributed by atoms with van der Waals surface area (Å²) in [6.07, 6.45) is 1.02. The van der Waals surface area contributed by atoms with Crippen LogP contribution in [-0.2, 0) is 23.9 Å². The molecule has 1 aliphatic heterocycles. The first-order valence-corrected chi connectivity index (χ1v) is 9.12. The molecule has 2 atom stereocenters. The van der Waals surface area contributed by atoms with Gasteiger partial charge < -0.3 is 19.7 Å². The molecule has 2 rings (SSSR count). The third-order valence-electron chi connectivity index (χ3n) is 3.74. The lowest BCUT2D eigenvalue weighted by atomic mass is 10.1. The van der Waals surface area contributed by atoms with Crippen molar-refractivity contribution in [2.24, 2.45) is 0 Å². The zero-order valence-electron chi connectivity index (χ0n) is 13.7. The average molecular weight is 375 g/mol. The van der Waals surface area contributed by atoms with E-state index in [9.17, 15) is 23.4 Å². The summed E-state index contributed by atoms with van der Waals surface area (Å²) in [4.78, 5) is 11.2. The van der Waals surface area contributed by atoms with E-state index in [1.807, 2.05) is 0 Å². The molecule has 1 aliphatic rings. The third-order valence-corrected chi connectivity index (χ3v) is 4.95. The minimum Gasteiger partial charge on any atom is -0.497 e. The molecule has 10 heteroatoms. The average Bonchev–Trinajstić information content (AvgIpc) is 2.62. The summed E-state index contributed by atoms with van der Waals surface area (Å²) in [6.45, 7) is -0.474. The van der Waals surface area contributed by atoms with Crippen molar-refractivity contribution in [3.8, 4) is 5.75 Å². The van der Waals surface area contributed by atoms with Crippen LogP contribution in [0.15, 0.2) is 29.2 Å². The lowest BCUT2D eigenvalue weighted by molar-refractivity contribution is -0.234. The summed E-state index contributed by atoms with van der Waals surface area (Å²) in [5, 5.41) is 19.3. The minimum absolute atomic E-state index is 0.170. The summed E-state index contributed by atoms with van der Waals surface area (Å²) < 4.78 is 40.4. The van der Waals surface area contributed by atoms with Gasteiger partial charge in [0.05, 0.1) is 18.6 Å². The molecule has 1 unspecified atom stereocenters. The van der Waals surface area contributed by atoms with E-state index < -0.39 is 35.0 Å². The van der Waals surface area contributed by atoms with Crippen LogP contribution in [0, 0.1) is 0 Å². The van der Waals surface area contributed by atoms with Crippen molar-refractivity contribution in [2.75, 3.05) is 20.3 Å². The topological polar surface area (TPSA) is 123 Å². The maximum absolute atomic E-state index is 12.5. The lowest BCUT2D eigenvalue weighted by Gasteiger charge is -2.34. The van der Waals surface area contributed by atoms with Crippen molar-refractivity contribution >= 4 is 16.1 Å². The molecule has 1 fully saturated rings. The number of nitrogens with zero attached hydrogens (tertiary/aromatic N) is 1. The van der Waals surface area contributed by atoms with E-state index in [1.165, 1.54) is 31.4 Å². The molecule has 0 spiro atoms. The Morgan fingerprint density at radius 3 is 2.52 bits per heavy atom. The number of aliphatic carboxylic acids is 1. The first-order chi connectivity index (χ1) is 11.9. The summed E-state index contributed by atoms with van der Waals surface area (Å²) >= 11 is 0. The van der Waals surface area contributed by atoms with E-state index in [0.717, 1.165) is 12.8 Å². The first-order valence-electron chi connectivity index (χ1n) is 7.71. The predicted molar refractivity (Wildman–Crippen MR) is 85.2 cm³/mol. The zero-order valence-corrected chi connectivity index (χ0v) is 14.5. The molecule has 0 aromatic heterocycles. The minimum atomic E-state index is -4.31. The van der Waals surface area contributed by atoms with Crippen molar-refractivity contribution in [3.05, 3.63) is 24.3 Å². The van der Waals surface area contributed by atoms with Gasteiger partial charge in [-0.1, -0.05) is 0 Å². The molecule has 0 saturated carbocycles. The molecule has 0 radical (unpaired) electrons. The number of hydroxylamine groups is 2. The second-order valence-corrected chi connectivity index (χ2v) is 6.95. The summed E-state index contributed by atoms with van der Waals surface area (Å²) in [7, 11) is -2.86. The van der Waals surface area contributed by atoms with E-state index in [0.29, 0.717) is 23.8 Å². The highest BCUT2D eigenvalue weighted by atomic mass is 32.2. The Balaban J connectivity index is 2.27. The van der Waals surface area contributed by atoms with Gasteiger partial charge in [0.1, 0.15) is 12.0 Å². The highest BCUT2D eigenvalue weighted by Crippen LogP contribution is 2.24. The van der Waals surface area contributed by atoms with Crippen LogP contribution in [0.25, 0.3) is 0 Å². The fraction of sp³-hybridized carbons (Fsp3) is 0.533. The van der Waals surface area contributed by atoms with Gasteiger partial charge >= 0.3 is 16.1 Å². The molecule has 0 amide bonds. The van der Waals surface area contributed by atoms with Crippen LogP contribution in [0.2, 0.25) is 0 Å². The molecule has 1 heterocycles. The Morgan fingerprint density at radius 1 is 1.36 bits per heavy atom. The highest BCUT2D eigenvalue weighted by Gasteiger charge is 2.37. The molecular formula is C15H21NO8S. The smallest absolute Gasteiger partial charge is 0.325 e. The van der Waals surface area contributed by atoms with Crippen LogP contribution >= 0.6 is 0 Å². The predicted octanol–water partition coefficient (Wildman–Crippen LogP) is 0.590. The van der Waals surface area contributed by atoms with E-state index in [4.69, 9.17) is 13.8 Å². The van der Waals surface area contributed by atoms with Gasteiger partial charge in [0.15, 0.2) is 6.04 Å². The second-order valence-electron chi connectivity index (χ2n) is 5.42. The van der Waals surface area contributed by atoms with E-state index in [-0.39, 0.29) is 4.90 Å². The fourth-order valence-corrected chi connectivity index (χ4v) is 3.37. The number of aliphatic hydroxyl groups excluding tert-OH is 1. The van der Waals surface area contributed by atoms with E-state index in [1.54, 1.807) is 0 Å². The van der Waals surface area contributed by atoms with Gasteiger partial charge in [0.25, 0.3) is 0 Å². The number of carbonyl (C=O) groups is 1. The standard InChI is InChI=1S/C15H21NO8S/c1-22-11-5-7-12(8-6-11)25(20,21)24-16(13(10-17)15(18)19)14-4-2-3-9-23-14/h5-8,13-14,17H,2-4,9-10H2,1H3,(H,18,19)/t13-,14?/m0/s1. The van der Waals surface area contributed by atoms with Crippen molar-refractivity contribution < 1.29 is 37.2 Å². The van der Waals surface area contributed by atoms with Crippen LogP contribution in [0.3, 0.4) is 0 Å². The number of hydrogen-bond acceptors (Lipinski definition) is 8. The van der Waals surface area contributed by atoms with Gasteiger partial charge in [0.2, 0.25) is 0 Å². The number of methoxy groups -OCH3 is 1. The van der Waals surface area contributed by atoms with E-state index in [2.05, 4.69) is 0 Å². The van der Waals surface area contributed by atoms with Gasteiger partial charge in [-0.15, -0.1) is 5.06 Å². The molecular weight excluding hydrogens is 354 g/mol. The largest absolute Gasteiger partial charge is 0.497 e. The lowest BCUT2D eigenvalue weighted by Crippen LogP contribution is -2.52. The maximum atomic E-state index is 12.5. The normalized spacial score (nSPS) is 19.6. The second kappa shape index (κ2) is 8.59. The van der Waals surface area contributed by atoms with Crippen LogP contribution in [0.5, 0.6) is 5.75 Å². The van der Waals surface area contributed by atoms with Crippen molar-refractivity contribution in [2.45, 2.75) is 36.4 Å². The number of aliphatic hydroxyl groups is 1. The van der Waals surface area contributed by atoms with Crippen molar-refractivity contribution in [1.82, 2.24) is 5.06 Å². The van der Waals surface area contributed by atoms with Crippen LogP contribution in [0.1, 0.15) is 19.3 Å². The Labute approximate surface area is 145 Å². The molecule has 9 nitrogen and oxygen atoms in total. The molecule has 2 N–H and O–H groups in total. The van der Waals surface area contributed by atoms with Crippen LogP contribution < -0.4 is 4.74 Å². The Kier molecular flexibility index (Phi) is 6.73. The number of hydrogen-bond donors (Lipinski definition) is 2. The van der Waals surface area contributed by atoms with Crippen LogP contribution in [-0.4, -0.2) is 62.3 Å². The quantitative estimate of drug-likeness (QED) is 0.628. The van der Waals surface area contributed by atoms with Crippen LogP contribution in [0.4, 0.5) is 0 Å². The Bertz CT molecular complexity index is 669. The van der Waals surface area contributed by atoms with Gasteiger partial charge in [-0.25, -0.2) is 0 Å². The summed E-state index contributed by atoms with van der Waals surface area (Å²) in [6, 6.07) is 3.87. The third kappa shape index (κ3) is 4.89. The van der Waals surface area contributed by atoms with Crippen molar-refractivity contribution in [3.63, 3.8) is 0 Å². The maximum Gasteiger partial charge on any atom is 0.325 e. The fourth-order valence-electron chi connectivity index (χ4n) is 2.39. The van der Waals surface area contributed by atoms with Gasteiger partial charge in [-0.05, 0) is 43.5 Å². The van der Waals surface area contributed by atoms with Gasteiger partial charge in [0, 0.05) is 6.61 Å². The molecule has 1 saturated heterocycles. The zero-order chi connectivity index (χ0) is 18.4. The summed E-state index contributed by atoms with van der Waals surface area (Å²) in [5.74, 6) is -0.952. The monoisotopic (exact) mass is 375 g/mol. The Hall–Kier alpha value is -1.72. The number of rotatable bonds is 8. The SMILES string of the molecule is COc1ccc(S(=O)(=O)ON(C2CCCCO2)[C@@H](CO)C(=O)O)cc1.